The van der Waals surface area contributed by atoms with E-state index in [0.717, 1.165) is 20.7 Å². The molecule has 6 aromatic rings. The molecule has 0 saturated heterocycles. The highest BCUT2D eigenvalue weighted by Crippen LogP contribution is 2.37. The van der Waals surface area contributed by atoms with Gasteiger partial charge in [-0.2, -0.15) is 0 Å². The van der Waals surface area contributed by atoms with E-state index in [1.165, 1.54) is 53.4 Å². The summed E-state index contributed by atoms with van der Waals surface area (Å²) in [5, 5.41) is 8.44. The molecule has 1 aromatic heterocycles. The predicted molar refractivity (Wildman–Crippen MR) is 187 cm³/mol. The lowest BCUT2D eigenvalue weighted by molar-refractivity contribution is -0.116. The molecule has 0 radical (unpaired) electrons. The number of rotatable bonds is 10. The number of carbonyl (C=O) groups excluding carboxylic acids is 3. The van der Waals surface area contributed by atoms with Gasteiger partial charge in [-0.3, -0.25) is 14.4 Å². The van der Waals surface area contributed by atoms with E-state index in [-0.39, 0.29) is 11.6 Å². The lowest BCUT2D eigenvalue weighted by atomic mass is 10.1. The molecule has 0 spiro atoms. The van der Waals surface area contributed by atoms with E-state index in [2.05, 4.69) is 20.9 Å². The first-order chi connectivity index (χ1) is 22.9. The van der Waals surface area contributed by atoms with Crippen molar-refractivity contribution in [3.05, 3.63) is 162 Å². The first-order valence-electron chi connectivity index (χ1n) is 14.5. The van der Waals surface area contributed by atoms with Gasteiger partial charge in [0.2, 0.25) is 5.91 Å². The molecule has 5 aromatic carbocycles. The Labute approximate surface area is 278 Å². The molecule has 47 heavy (non-hydrogen) atoms. The van der Waals surface area contributed by atoms with E-state index in [4.69, 9.17) is 0 Å². The Balaban J connectivity index is 1.18. The summed E-state index contributed by atoms with van der Waals surface area (Å²) < 4.78 is 14.5. The van der Waals surface area contributed by atoms with Crippen LogP contribution in [0.4, 0.5) is 15.2 Å². The molecule has 0 aliphatic carbocycles. The van der Waals surface area contributed by atoms with Crippen LogP contribution in [0, 0.1) is 5.82 Å². The van der Waals surface area contributed by atoms with Crippen molar-refractivity contribution in [1.82, 2.24) is 10.3 Å². The third-order valence-electron chi connectivity index (χ3n) is 6.94. The molecule has 0 saturated carbocycles. The van der Waals surface area contributed by atoms with E-state index < -0.39 is 22.9 Å². The smallest absolute Gasteiger partial charge is 0.272 e. The molecule has 1 heterocycles. The topological polar surface area (TPSA) is 100 Å². The van der Waals surface area contributed by atoms with E-state index >= 15 is 0 Å². The highest BCUT2D eigenvalue weighted by Gasteiger charge is 2.23. The number of thioether (sulfide) groups is 1. The molecule has 7 nitrogen and oxygen atoms in total. The zero-order valence-electron chi connectivity index (χ0n) is 24.7. The summed E-state index contributed by atoms with van der Waals surface area (Å²) in [6.07, 6.45) is 1.48. The van der Waals surface area contributed by atoms with E-state index in [0.29, 0.717) is 21.9 Å². The van der Waals surface area contributed by atoms with Crippen LogP contribution in [0.15, 0.2) is 144 Å². The number of thiazole rings is 1. The summed E-state index contributed by atoms with van der Waals surface area (Å²) in [7, 11) is 0. The Hall–Kier alpha value is -5.58. The molecule has 1 atom stereocenters. The van der Waals surface area contributed by atoms with E-state index in [1.807, 2.05) is 66.7 Å². The average Bonchev–Trinajstić information content (AvgIpc) is 3.51. The second-order valence-electron chi connectivity index (χ2n) is 10.3. The summed E-state index contributed by atoms with van der Waals surface area (Å²) >= 11 is 2.79. The Kier molecular flexibility index (Phi) is 9.81. The summed E-state index contributed by atoms with van der Waals surface area (Å²) in [5.74, 6) is -1.64. The minimum absolute atomic E-state index is 0.0143. The van der Waals surface area contributed by atoms with Gasteiger partial charge in [-0.1, -0.05) is 84.1 Å². The maximum absolute atomic E-state index is 13.6. The molecule has 232 valence electrons. The number of hydrogen-bond acceptors (Lipinski definition) is 6. The molecular weight excluding hydrogens is 632 g/mol. The molecule has 1 unspecified atom stereocenters. The van der Waals surface area contributed by atoms with Crippen LogP contribution in [0.5, 0.6) is 0 Å². The van der Waals surface area contributed by atoms with Crippen LogP contribution >= 0.6 is 23.1 Å². The van der Waals surface area contributed by atoms with Gasteiger partial charge in [-0.25, -0.2) is 9.37 Å². The van der Waals surface area contributed by atoms with Gasteiger partial charge in [-0.15, -0.1) is 11.8 Å². The van der Waals surface area contributed by atoms with Gasteiger partial charge >= 0.3 is 0 Å². The molecule has 3 N–H and O–H groups in total. The Bertz CT molecular complexity index is 2020. The fourth-order valence-corrected chi connectivity index (χ4v) is 6.51. The molecule has 0 fully saturated rings. The van der Waals surface area contributed by atoms with Crippen molar-refractivity contribution < 1.29 is 18.8 Å². The van der Waals surface area contributed by atoms with Crippen LogP contribution in [-0.4, -0.2) is 22.7 Å². The van der Waals surface area contributed by atoms with Gasteiger partial charge < -0.3 is 16.0 Å². The summed E-state index contributed by atoms with van der Waals surface area (Å²) in [5.41, 5.74) is 3.04. The van der Waals surface area contributed by atoms with Gasteiger partial charge in [-0.05, 0) is 77.9 Å². The van der Waals surface area contributed by atoms with Crippen molar-refractivity contribution in [3.63, 3.8) is 0 Å². The fraction of sp³-hybridized carbons (Fsp3) is 0.0270. The second kappa shape index (κ2) is 14.7. The minimum atomic E-state index is -0.568. The average molecular weight is 659 g/mol. The minimum Gasteiger partial charge on any atom is -0.321 e. The van der Waals surface area contributed by atoms with Gasteiger partial charge in [0.25, 0.3) is 11.8 Å². The number of halogens is 1. The van der Waals surface area contributed by atoms with Gasteiger partial charge in [0.05, 0.1) is 10.2 Å². The third-order valence-corrected chi connectivity index (χ3v) is 9.16. The Morgan fingerprint density at radius 1 is 0.745 bits per heavy atom. The van der Waals surface area contributed by atoms with Crippen molar-refractivity contribution in [2.45, 2.75) is 10.1 Å². The number of carbonyl (C=O) groups is 3. The third kappa shape index (κ3) is 8.18. The van der Waals surface area contributed by atoms with Gasteiger partial charge in [0, 0.05) is 16.1 Å². The summed E-state index contributed by atoms with van der Waals surface area (Å²) in [6.45, 7) is 0. The standard InChI is InChI=1S/C37H27FN4O3S2/c38-27-17-15-24(16-18-27)23-31(40-34(43)26-11-5-2-6-12-26)35(44)39-28-19-21-29(22-20-28)46-33(25-9-3-1-4-10-25)36(45)42-37-41-30-13-7-8-14-32(30)47-37/h1-23,33H,(H,39,44)(H,40,43)(H,41,42,45)/b31-23-. The van der Waals surface area contributed by atoms with Crippen molar-refractivity contribution >= 4 is 67.9 Å². The molecule has 0 aliphatic heterocycles. The summed E-state index contributed by atoms with van der Waals surface area (Å²) in [6, 6.07) is 38.4. The molecule has 10 heteroatoms. The van der Waals surface area contributed by atoms with Crippen LogP contribution in [0.25, 0.3) is 16.3 Å². The largest absolute Gasteiger partial charge is 0.321 e. The number of benzene rings is 5. The van der Waals surface area contributed by atoms with Crippen LogP contribution in [0.2, 0.25) is 0 Å². The number of anilines is 2. The Morgan fingerprint density at radius 3 is 2.11 bits per heavy atom. The number of nitrogens with one attached hydrogen (secondary N) is 3. The molecule has 6 rings (SSSR count). The number of amides is 3. The first-order valence-corrected chi connectivity index (χ1v) is 16.2. The SMILES string of the molecule is O=C(Nc1ccc(SC(C(=O)Nc2nc3ccccc3s2)c2ccccc2)cc1)/C(=C/c1ccc(F)cc1)NC(=O)c1ccccc1. The predicted octanol–water partition coefficient (Wildman–Crippen LogP) is 8.32. The summed E-state index contributed by atoms with van der Waals surface area (Å²) in [4.78, 5) is 45.2. The highest BCUT2D eigenvalue weighted by molar-refractivity contribution is 8.00. The lowest BCUT2D eigenvalue weighted by Gasteiger charge is -2.16. The molecule has 0 aliphatic rings. The van der Waals surface area contributed by atoms with Crippen LogP contribution in [-0.2, 0) is 9.59 Å². The molecule has 3 amide bonds. The van der Waals surface area contributed by atoms with Crippen LogP contribution in [0.3, 0.4) is 0 Å². The maximum Gasteiger partial charge on any atom is 0.272 e. The number of aromatic nitrogens is 1. The Morgan fingerprint density at radius 2 is 1.40 bits per heavy atom. The van der Waals surface area contributed by atoms with Gasteiger partial charge in [0.1, 0.15) is 16.8 Å². The fourth-order valence-electron chi connectivity index (χ4n) is 4.62. The monoisotopic (exact) mass is 658 g/mol. The zero-order chi connectivity index (χ0) is 32.6. The van der Waals surface area contributed by atoms with Crippen molar-refractivity contribution in [3.8, 4) is 0 Å². The quantitative estimate of drug-likeness (QED) is 0.102. The zero-order valence-corrected chi connectivity index (χ0v) is 26.4. The van der Waals surface area contributed by atoms with Crippen molar-refractivity contribution in [1.29, 1.82) is 0 Å². The highest BCUT2D eigenvalue weighted by atomic mass is 32.2. The second-order valence-corrected chi connectivity index (χ2v) is 12.5. The number of para-hydroxylation sites is 1. The van der Waals surface area contributed by atoms with Crippen LogP contribution < -0.4 is 16.0 Å². The first kappa shape index (κ1) is 31.4. The lowest BCUT2D eigenvalue weighted by Crippen LogP contribution is -2.30. The van der Waals surface area contributed by atoms with E-state index in [1.54, 1.807) is 42.5 Å². The number of nitrogens with zero attached hydrogens (tertiary/aromatic N) is 1. The van der Waals surface area contributed by atoms with Gasteiger partial charge in [0.15, 0.2) is 5.13 Å². The van der Waals surface area contributed by atoms with Crippen molar-refractivity contribution in [2.75, 3.05) is 10.6 Å². The normalized spacial score (nSPS) is 11.9. The molecule has 0 bridgehead atoms. The number of hydrogen-bond donors (Lipinski definition) is 3. The molecular formula is C37H27FN4O3S2. The van der Waals surface area contributed by atoms with Crippen LogP contribution in [0.1, 0.15) is 26.7 Å². The van der Waals surface area contributed by atoms with Crippen molar-refractivity contribution in [2.24, 2.45) is 0 Å². The van der Waals surface area contributed by atoms with E-state index in [9.17, 15) is 18.8 Å². The maximum atomic E-state index is 13.6. The number of fused-ring (bicyclic) bond motifs is 1.